The van der Waals surface area contributed by atoms with Gasteiger partial charge in [-0.1, -0.05) is 45.9 Å². The maximum absolute atomic E-state index is 14.6. The van der Waals surface area contributed by atoms with E-state index in [4.69, 9.17) is 28.7 Å². The summed E-state index contributed by atoms with van der Waals surface area (Å²) in [6.45, 7) is 9.86. The number of carbonyl (C=O) groups excluding carboxylic acids is 8. The van der Waals surface area contributed by atoms with Gasteiger partial charge in [-0.25, -0.2) is 4.79 Å². The highest BCUT2D eigenvalue weighted by molar-refractivity contribution is 7.98. The fourth-order valence-corrected chi connectivity index (χ4v) is 8.52. The number of carboxylic acid groups (broad SMARTS) is 2. The Kier molecular flexibility index (Phi) is 30.0. The molecule has 2 aromatic rings. The molecule has 446 valence electrons. The first-order valence-electron chi connectivity index (χ1n) is 26.4. The van der Waals surface area contributed by atoms with Crippen LogP contribution in [0.2, 0.25) is 0 Å². The minimum Gasteiger partial charge on any atom is -0.481 e. The Hall–Kier alpha value is -7.69. The molecule has 2 rings (SSSR count). The zero-order chi connectivity index (χ0) is 60.2. The number of carbonyl (C=O) groups is 10. The minimum absolute atomic E-state index is 0.0203. The number of benzene rings is 1. The average Bonchev–Trinajstić information content (AvgIpc) is 3.79. The molecule has 0 aliphatic carbocycles. The number of hydrogen-bond acceptors (Lipinski definition) is 14. The van der Waals surface area contributed by atoms with Crippen LogP contribution in [0.15, 0.2) is 40.4 Å². The van der Waals surface area contributed by atoms with E-state index in [-0.39, 0.29) is 81.8 Å². The Labute approximate surface area is 469 Å². The van der Waals surface area contributed by atoms with Gasteiger partial charge in [-0.3, -0.25) is 53.1 Å². The Bertz CT molecular complexity index is 2480. The van der Waals surface area contributed by atoms with Crippen LogP contribution in [0, 0.1) is 11.8 Å². The maximum Gasteiger partial charge on any atom is 0.326 e. The second kappa shape index (κ2) is 35.0. The van der Waals surface area contributed by atoms with Gasteiger partial charge in [0, 0.05) is 43.0 Å². The predicted molar refractivity (Wildman–Crippen MR) is 303 cm³/mol. The summed E-state index contributed by atoms with van der Waals surface area (Å²) in [7, 11) is 0. The number of aromatic amines is 1. The first-order chi connectivity index (χ1) is 37.6. The summed E-state index contributed by atoms with van der Waals surface area (Å²) in [5.41, 5.74) is 29.3. The van der Waals surface area contributed by atoms with Crippen molar-refractivity contribution < 1.29 is 58.2 Å². The standard InChI is InChI=1S/C51H84N16O12S/c1-26(2)22-37(47(76)67-39(49(78)79)23-27(3)4)66-46(75)36(16-17-40(68)69)64-45(74)35(15-11-20-58-51(55)56)63-48(77)38(24-30-25-59-33-13-9-8-12-31(30)33)65-42(71)29(6)61-44(73)34(14-10-19-57-50(53)54)62-41(70)28(5)60-43(72)32(52)18-21-80-7/h8-9,12-13,25-29,32,34-39,59H,10-11,14-24,52H2,1-7H3,(H,60,72)(H,61,73)(H,62,70)(H,63,77)(H,64,74)(H,65,71)(H,66,75)(H,67,76)(H,68,69)(H,78,79)(H4,53,54,57)(H4,55,56,58)/t28-,29-,32-,34-,35-,36-,37-,38-,39-/m0/s1. The molecular weight excluding hydrogens is 1060 g/mol. The van der Waals surface area contributed by atoms with Gasteiger partial charge in [0.25, 0.3) is 0 Å². The molecule has 0 spiro atoms. The van der Waals surface area contributed by atoms with Crippen molar-refractivity contribution >= 4 is 93.8 Å². The number of amides is 8. The molecule has 0 radical (unpaired) electrons. The molecule has 21 N–H and O–H groups in total. The number of nitrogens with zero attached hydrogens (tertiary/aromatic N) is 2. The molecule has 9 atom stereocenters. The number of para-hydroxylation sites is 1. The van der Waals surface area contributed by atoms with Crippen LogP contribution < -0.4 is 71.2 Å². The Morgan fingerprint density at radius 3 is 1.48 bits per heavy atom. The van der Waals surface area contributed by atoms with Crippen molar-refractivity contribution in [3.8, 4) is 0 Å². The van der Waals surface area contributed by atoms with Crippen LogP contribution in [0.3, 0.4) is 0 Å². The number of aliphatic carboxylic acids is 2. The number of nitrogens with one attached hydrogen (secondary N) is 9. The van der Waals surface area contributed by atoms with Gasteiger partial charge >= 0.3 is 11.9 Å². The summed E-state index contributed by atoms with van der Waals surface area (Å²) >= 11 is 1.50. The molecule has 0 aliphatic rings. The molecule has 28 nitrogen and oxygen atoms in total. The topological polar surface area (TPSA) is 478 Å². The van der Waals surface area contributed by atoms with E-state index in [2.05, 4.69) is 57.5 Å². The van der Waals surface area contributed by atoms with Crippen LogP contribution in [0.5, 0.6) is 0 Å². The monoisotopic (exact) mass is 1140 g/mol. The van der Waals surface area contributed by atoms with Gasteiger partial charge in [0.1, 0.15) is 48.3 Å². The Morgan fingerprint density at radius 1 is 0.550 bits per heavy atom. The van der Waals surface area contributed by atoms with Crippen molar-refractivity contribution in [1.29, 1.82) is 0 Å². The number of nitrogens with two attached hydrogens (primary N) is 5. The van der Waals surface area contributed by atoms with Crippen LogP contribution >= 0.6 is 11.8 Å². The number of guanidine groups is 2. The third-order valence-corrected chi connectivity index (χ3v) is 12.9. The third-order valence-electron chi connectivity index (χ3n) is 12.3. The molecule has 1 heterocycles. The predicted octanol–water partition coefficient (Wildman–Crippen LogP) is -2.14. The molecule has 0 fully saturated rings. The summed E-state index contributed by atoms with van der Waals surface area (Å²) < 4.78 is 0. The van der Waals surface area contributed by atoms with Crippen LogP contribution in [0.4, 0.5) is 0 Å². The van der Waals surface area contributed by atoms with Crippen LogP contribution in [0.1, 0.15) is 105 Å². The Balaban J connectivity index is 2.53. The number of fused-ring (bicyclic) bond motifs is 1. The molecule has 1 aromatic carbocycles. The highest BCUT2D eigenvalue weighted by Crippen LogP contribution is 2.20. The van der Waals surface area contributed by atoms with Crippen molar-refractivity contribution in [3.63, 3.8) is 0 Å². The fraction of sp³-hybridized carbons (Fsp3) is 0.608. The van der Waals surface area contributed by atoms with Crippen LogP contribution in [-0.2, 0) is 54.4 Å². The molecule has 29 heteroatoms. The summed E-state index contributed by atoms with van der Waals surface area (Å²) in [4.78, 5) is 146. The van der Waals surface area contributed by atoms with Gasteiger partial charge in [0.2, 0.25) is 47.3 Å². The van der Waals surface area contributed by atoms with Gasteiger partial charge in [0.05, 0.1) is 6.04 Å². The van der Waals surface area contributed by atoms with Crippen molar-refractivity contribution in [3.05, 3.63) is 36.0 Å². The number of hydrogen-bond donors (Lipinski definition) is 16. The summed E-state index contributed by atoms with van der Waals surface area (Å²) in [6, 6.07) is -4.71. The molecular formula is C51H84N16O12S. The number of aliphatic imine (C=N–C) groups is 2. The summed E-state index contributed by atoms with van der Waals surface area (Å²) in [6.07, 6.45) is 2.76. The second-order valence-corrected chi connectivity index (χ2v) is 21.2. The van der Waals surface area contributed by atoms with Gasteiger partial charge in [-0.15, -0.1) is 0 Å². The van der Waals surface area contributed by atoms with Crippen molar-refractivity contribution in [2.75, 3.05) is 25.1 Å². The first-order valence-corrected chi connectivity index (χ1v) is 27.8. The number of carboxylic acids is 2. The largest absolute Gasteiger partial charge is 0.481 e. The summed E-state index contributed by atoms with van der Waals surface area (Å²) in [5, 5.41) is 40.7. The van der Waals surface area contributed by atoms with Gasteiger partial charge in [-0.2, -0.15) is 11.8 Å². The SMILES string of the molecule is CSCC[C@H](N)C(=O)N[C@@H](C)C(=O)N[C@@H](CCCN=C(N)N)C(=O)N[C@@H](C)C(=O)N[C@@H](Cc1c[nH]c2ccccc12)C(=O)N[C@@H](CCCN=C(N)N)C(=O)N[C@@H](CCC(=O)O)C(=O)N[C@@H](CC(C)C)C(=O)N[C@@H](CC(C)C)C(=O)O. The minimum atomic E-state index is -1.61. The number of H-pyrrole nitrogens is 1. The molecule has 8 amide bonds. The lowest BCUT2D eigenvalue weighted by Gasteiger charge is -2.28. The van der Waals surface area contributed by atoms with E-state index in [9.17, 15) is 58.2 Å². The van der Waals surface area contributed by atoms with Crippen LogP contribution in [0.25, 0.3) is 10.9 Å². The molecule has 0 saturated heterocycles. The van der Waals surface area contributed by atoms with Crippen molar-refractivity contribution in [2.24, 2.45) is 50.5 Å². The molecule has 0 bridgehead atoms. The quantitative estimate of drug-likeness (QED) is 0.0195. The molecule has 0 unspecified atom stereocenters. The van der Waals surface area contributed by atoms with Crippen molar-refractivity contribution in [2.45, 2.75) is 160 Å². The highest BCUT2D eigenvalue weighted by Gasteiger charge is 2.35. The van der Waals surface area contributed by atoms with Gasteiger partial charge in [-0.05, 0) is 101 Å². The van der Waals surface area contributed by atoms with Crippen molar-refractivity contribution in [1.82, 2.24) is 47.5 Å². The number of thioether (sulfide) groups is 1. The zero-order valence-electron chi connectivity index (χ0n) is 46.6. The molecule has 1 aromatic heterocycles. The fourth-order valence-electron chi connectivity index (χ4n) is 8.03. The van der Waals surface area contributed by atoms with Gasteiger partial charge in [0.15, 0.2) is 11.9 Å². The molecule has 0 aliphatic heterocycles. The Morgan fingerprint density at radius 2 is 0.975 bits per heavy atom. The normalized spacial score (nSPS) is 14.5. The number of aromatic nitrogens is 1. The molecule has 80 heavy (non-hydrogen) atoms. The van der Waals surface area contributed by atoms with E-state index >= 15 is 0 Å². The second-order valence-electron chi connectivity index (χ2n) is 20.2. The van der Waals surface area contributed by atoms with E-state index in [0.29, 0.717) is 28.6 Å². The lowest BCUT2D eigenvalue weighted by Crippen LogP contribution is -2.60. The smallest absolute Gasteiger partial charge is 0.326 e. The maximum atomic E-state index is 14.6. The number of rotatable bonds is 37. The average molecular weight is 1150 g/mol. The van der Waals surface area contributed by atoms with Crippen LogP contribution in [-0.4, -0.2) is 166 Å². The lowest BCUT2D eigenvalue weighted by molar-refractivity contribution is -0.143. The lowest BCUT2D eigenvalue weighted by atomic mass is 9.99. The summed E-state index contributed by atoms with van der Waals surface area (Å²) in [5.74, 6) is -9.45. The zero-order valence-corrected chi connectivity index (χ0v) is 47.4. The third kappa shape index (κ3) is 25.4. The van der Waals surface area contributed by atoms with E-state index in [1.54, 1.807) is 58.2 Å². The van der Waals surface area contributed by atoms with E-state index in [0.717, 1.165) is 0 Å². The first kappa shape index (κ1) is 68.4. The van der Waals surface area contributed by atoms with Gasteiger partial charge < -0.3 is 86.4 Å². The molecule has 0 saturated carbocycles. The highest BCUT2D eigenvalue weighted by atomic mass is 32.2. The van der Waals surface area contributed by atoms with E-state index in [1.807, 2.05) is 6.26 Å². The van der Waals surface area contributed by atoms with E-state index < -0.39 is 126 Å². The van der Waals surface area contributed by atoms with E-state index in [1.165, 1.54) is 25.6 Å².